The zero-order valence-electron chi connectivity index (χ0n) is 10.7. The summed E-state index contributed by atoms with van der Waals surface area (Å²) in [5.41, 5.74) is 7.48. The summed E-state index contributed by atoms with van der Waals surface area (Å²) in [6, 6.07) is 13.9. The van der Waals surface area contributed by atoms with Crippen LogP contribution < -0.4 is 5.73 Å². The molecule has 0 bridgehead atoms. The van der Waals surface area contributed by atoms with Crippen LogP contribution in [0.15, 0.2) is 48.5 Å². The van der Waals surface area contributed by atoms with Crippen molar-refractivity contribution in [2.45, 2.75) is 12.8 Å². The van der Waals surface area contributed by atoms with Crippen LogP contribution in [0.5, 0.6) is 5.75 Å². The summed E-state index contributed by atoms with van der Waals surface area (Å²) >= 11 is 0. The number of halogens is 1. The predicted molar refractivity (Wildman–Crippen MR) is 74.5 cm³/mol. The van der Waals surface area contributed by atoms with Crippen molar-refractivity contribution in [1.29, 1.82) is 0 Å². The molecule has 2 aromatic rings. The molecule has 1 atom stereocenters. The van der Waals surface area contributed by atoms with E-state index in [0.717, 1.165) is 12.0 Å². The summed E-state index contributed by atoms with van der Waals surface area (Å²) < 4.78 is 13.6. The normalized spacial score (nSPS) is 12.3. The molecular weight excluding hydrogens is 241 g/mol. The Balaban J connectivity index is 2.07. The van der Waals surface area contributed by atoms with Crippen LogP contribution in [0.1, 0.15) is 11.1 Å². The summed E-state index contributed by atoms with van der Waals surface area (Å²) in [5.74, 6) is 0.231. The molecule has 0 amide bonds. The molecule has 0 radical (unpaired) electrons. The van der Waals surface area contributed by atoms with Gasteiger partial charge in [0.05, 0.1) is 0 Å². The molecule has 100 valence electrons. The molecule has 0 aromatic heterocycles. The van der Waals surface area contributed by atoms with E-state index >= 15 is 0 Å². The molecule has 3 N–H and O–H groups in total. The third-order valence-corrected chi connectivity index (χ3v) is 3.23. The van der Waals surface area contributed by atoms with E-state index in [2.05, 4.69) is 0 Å². The number of hydrogen-bond donors (Lipinski definition) is 2. The van der Waals surface area contributed by atoms with Crippen LogP contribution in [-0.4, -0.2) is 11.7 Å². The Labute approximate surface area is 112 Å². The van der Waals surface area contributed by atoms with E-state index in [1.54, 1.807) is 30.3 Å². The van der Waals surface area contributed by atoms with Gasteiger partial charge in [0.15, 0.2) is 0 Å². The Kier molecular flexibility index (Phi) is 4.53. The van der Waals surface area contributed by atoms with E-state index in [9.17, 15) is 9.50 Å². The molecule has 2 aromatic carbocycles. The van der Waals surface area contributed by atoms with Gasteiger partial charge in [-0.1, -0.05) is 30.3 Å². The van der Waals surface area contributed by atoms with Crippen molar-refractivity contribution >= 4 is 0 Å². The largest absolute Gasteiger partial charge is 0.508 e. The first-order chi connectivity index (χ1) is 9.19. The van der Waals surface area contributed by atoms with Crippen molar-refractivity contribution in [3.63, 3.8) is 0 Å². The van der Waals surface area contributed by atoms with E-state index in [1.165, 1.54) is 6.07 Å². The van der Waals surface area contributed by atoms with Crippen LogP contribution in [-0.2, 0) is 12.8 Å². The minimum atomic E-state index is -0.183. The second kappa shape index (κ2) is 6.34. The van der Waals surface area contributed by atoms with Crippen molar-refractivity contribution < 1.29 is 9.50 Å². The first-order valence-electron chi connectivity index (χ1n) is 6.40. The SMILES string of the molecule is NCC(Cc1cccc(O)c1)Cc1ccccc1F. The van der Waals surface area contributed by atoms with Crippen molar-refractivity contribution in [3.8, 4) is 5.75 Å². The maximum Gasteiger partial charge on any atom is 0.126 e. The maximum absolute atomic E-state index is 13.6. The van der Waals surface area contributed by atoms with Crippen molar-refractivity contribution in [2.24, 2.45) is 11.7 Å². The van der Waals surface area contributed by atoms with Gasteiger partial charge in [0, 0.05) is 0 Å². The lowest BCUT2D eigenvalue weighted by Gasteiger charge is -2.15. The molecular formula is C16H18FNO. The van der Waals surface area contributed by atoms with Gasteiger partial charge in [-0.3, -0.25) is 0 Å². The molecule has 0 saturated carbocycles. The minimum Gasteiger partial charge on any atom is -0.508 e. The molecule has 0 aliphatic heterocycles. The number of benzene rings is 2. The fourth-order valence-electron chi connectivity index (χ4n) is 2.23. The van der Waals surface area contributed by atoms with Crippen LogP contribution in [0.3, 0.4) is 0 Å². The fraction of sp³-hybridized carbons (Fsp3) is 0.250. The first kappa shape index (κ1) is 13.6. The van der Waals surface area contributed by atoms with Crippen molar-refractivity contribution in [3.05, 3.63) is 65.5 Å². The number of rotatable bonds is 5. The number of hydrogen-bond acceptors (Lipinski definition) is 2. The molecule has 1 unspecified atom stereocenters. The highest BCUT2D eigenvalue weighted by Gasteiger charge is 2.12. The molecule has 0 fully saturated rings. The van der Waals surface area contributed by atoms with Gasteiger partial charge >= 0.3 is 0 Å². The lowest BCUT2D eigenvalue weighted by atomic mass is 9.92. The molecule has 0 heterocycles. The quantitative estimate of drug-likeness (QED) is 0.867. The molecule has 2 rings (SSSR count). The number of phenolic OH excluding ortho intramolecular Hbond substituents is 1. The Hall–Kier alpha value is -1.87. The summed E-state index contributed by atoms with van der Waals surface area (Å²) in [7, 11) is 0. The third-order valence-electron chi connectivity index (χ3n) is 3.23. The van der Waals surface area contributed by atoms with Gasteiger partial charge in [0.25, 0.3) is 0 Å². The smallest absolute Gasteiger partial charge is 0.126 e. The standard InChI is InChI=1S/C16H18FNO/c17-16-7-2-1-5-14(16)9-13(11-18)8-12-4-3-6-15(19)10-12/h1-7,10,13,19H,8-9,11,18H2. The molecule has 0 aliphatic rings. The summed E-state index contributed by atoms with van der Waals surface area (Å²) in [6.45, 7) is 0.490. The van der Waals surface area contributed by atoms with E-state index in [1.807, 2.05) is 12.1 Å². The highest BCUT2D eigenvalue weighted by Crippen LogP contribution is 2.18. The fourth-order valence-corrected chi connectivity index (χ4v) is 2.23. The van der Waals surface area contributed by atoms with Gasteiger partial charge in [0.2, 0.25) is 0 Å². The van der Waals surface area contributed by atoms with Crippen molar-refractivity contribution in [2.75, 3.05) is 6.54 Å². The van der Waals surface area contributed by atoms with E-state index in [0.29, 0.717) is 18.5 Å². The second-order valence-corrected chi connectivity index (χ2v) is 4.77. The van der Waals surface area contributed by atoms with Crippen LogP contribution in [0, 0.1) is 11.7 Å². The molecule has 0 saturated heterocycles. The average molecular weight is 259 g/mol. The van der Waals surface area contributed by atoms with Gasteiger partial charge in [0.1, 0.15) is 11.6 Å². The van der Waals surface area contributed by atoms with E-state index in [-0.39, 0.29) is 17.5 Å². The Morgan fingerprint density at radius 2 is 1.84 bits per heavy atom. The predicted octanol–water partition coefficient (Wildman–Crippen LogP) is 2.89. The van der Waals surface area contributed by atoms with Gasteiger partial charge in [-0.05, 0) is 54.6 Å². The number of phenols is 1. The topological polar surface area (TPSA) is 46.2 Å². The Morgan fingerprint density at radius 3 is 2.53 bits per heavy atom. The molecule has 0 aliphatic carbocycles. The molecule has 0 spiro atoms. The van der Waals surface area contributed by atoms with E-state index < -0.39 is 0 Å². The van der Waals surface area contributed by atoms with Gasteiger partial charge < -0.3 is 10.8 Å². The molecule has 2 nitrogen and oxygen atoms in total. The number of aromatic hydroxyl groups is 1. The lowest BCUT2D eigenvalue weighted by molar-refractivity contribution is 0.471. The zero-order valence-corrected chi connectivity index (χ0v) is 10.7. The highest BCUT2D eigenvalue weighted by molar-refractivity contribution is 5.28. The highest BCUT2D eigenvalue weighted by atomic mass is 19.1. The van der Waals surface area contributed by atoms with E-state index in [4.69, 9.17) is 5.73 Å². The van der Waals surface area contributed by atoms with Crippen molar-refractivity contribution in [1.82, 2.24) is 0 Å². The maximum atomic E-state index is 13.6. The van der Waals surface area contributed by atoms with Crippen LogP contribution >= 0.6 is 0 Å². The van der Waals surface area contributed by atoms with Crippen LogP contribution in [0.4, 0.5) is 4.39 Å². The molecule has 19 heavy (non-hydrogen) atoms. The zero-order chi connectivity index (χ0) is 13.7. The summed E-state index contributed by atoms with van der Waals surface area (Å²) in [5, 5.41) is 9.44. The first-order valence-corrected chi connectivity index (χ1v) is 6.40. The minimum absolute atomic E-state index is 0.165. The average Bonchev–Trinajstić information content (AvgIpc) is 2.40. The van der Waals surface area contributed by atoms with Gasteiger partial charge in [-0.25, -0.2) is 4.39 Å². The summed E-state index contributed by atoms with van der Waals surface area (Å²) in [6.07, 6.45) is 1.35. The van der Waals surface area contributed by atoms with Gasteiger partial charge in [-0.2, -0.15) is 0 Å². The third kappa shape index (κ3) is 3.80. The monoisotopic (exact) mass is 259 g/mol. The second-order valence-electron chi connectivity index (χ2n) is 4.77. The molecule has 3 heteroatoms. The van der Waals surface area contributed by atoms with Crippen LogP contribution in [0.25, 0.3) is 0 Å². The van der Waals surface area contributed by atoms with Gasteiger partial charge in [-0.15, -0.1) is 0 Å². The number of nitrogens with two attached hydrogens (primary N) is 1. The van der Waals surface area contributed by atoms with Crippen LogP contribution in [0.2, 0.25) is 0 Å². The Morgan fingerprint density at radius 1 is 1.05 bits per heavy atom. The summed E-state index contributed by atoms with van der Waals surface area (Å²) in [4.78, 5) is 0. The lowest BCUT2D eigenvalue weighted by Crippen LogP contribution is -2.19. The Bertz CT molecular complexity index is 542.